The largest absolute Gasteiger partial charge is 0.486 e. The first-order chi connectivity index (χ1) is 15.5. The van der Waals surface area contributed by atoms with Gasteiger partial charge in [-0.2, -0.15) is 16.8 Å². The Morgan fingerprint density at radius 2 is 1.88 bits per heavy atom. The molecule has 7 nitrogen and oxygen atoms in total. The van der Waals surface area contributed by atoms with Crippen LogP contribution in [-0.4, -0.2) is 49.9 Å². The van der Waals surface area contributed by atoms with Crippen LogP contribution in [-0.2, 0) is 21.2 Å². The molecular formula is C22H24N2O5S3. The maximum atomic E-state index is 12.6. The third kappa shape index (κ3) is 5.19. The first kappa shape index (κ1) is 22.9. The number of thioether (sulfide) groups is 1. The fourth-order valence-electron chi connectivity index (χ4n) is 3.41. The van der Waals surface area contributed by atoms with E-state index in [2.05, 4.69) is 4.99 Å². The van der Waals surface area contributed by atoms with Gasteiger partial charge in [-0.3, -0.25) is 4.79 Å². The minimum absolute atomic E-state index is 0.0750. The van der Waals surface area contributed by atoms with Crippen LogP contribution in [0.1, 0.15) is 12.8 Å². The summed E-state index contributed by atoms with van der Waals surface area (Å²) in [6.45, 7) is 1.72. The monoisotopic (exact) mass is 492 g/mol. The molecular weight excluding hydrogens is 468 g/mol. The van der Waals surface area contributed by atoms with E-state index in [1.807, 2.05) is 23.0 Å². The molecule has 0 saturated carbocycles. The summed E-state index contributed by atoms with van der Waals surface area (Å²) in [7, 11) is -3.41. The molecule has 2 aromatic carbocycles. The predicted octanol–water partition coefficient (Wildman–Crippen LogP) is 3.52. The summed E-state index contributed by atoms with van der Waals surface area (Å²) in [5.74, 6) is 1.86. The van der Waals surface area contributed by atoms with Crippen molar-refractivity contribution in [2.75, 3.05) is 31.0 Å². The smallest absolute Gasteiger partial charge is 0.248 e. The number of benzene rings is 2. The van der Waals surface area contributed by atoms with Crippen molar-refractivity contribution in [3.8, 4) is 11.5 Å². The number of hydrogen-bond donors (Lipinski definition) is 0. The number of amides is 1. The number of hydrogen-bond acceptors (Lipinski definition) is 7. The highest BCUT2D eigenvalue weighted by Gasteiger charge is 2.17. The summed E-state index contributed by atoms with van der Waals surface area (Å²) < 4.78 is 39.2. The first-order valence-electron chi connectivity index (χ1n) is 10.3. The van der Waals surface area contributed by atoms with E-state index in [-0.39, 0.29) is 29.4 Å². The van der Waals surface area contributed by atoms with Crippen molar-refractivity contribution >= 4 is 49.1 Å². The molecule has 0 saturated heterocycles. The number of nitrogens with zero attached hydrogens (tertiary/aromatic N) is 2. The molecule has 0 radical (unpaired) electrons. The summed E-state index contributed by atoms with van der Waals surface area (Å²) in [5, 5.41) is 0. The average molecular weight is 493 g/mol. The Labute approximate surface area is 195 Å². The minimum atomic E-state index is -3.41. The van der Waals surface area contributed by atoms with Crippen LogP contribution in [0.3, 0.4) is 0 Å². The maximum Gasteiger partial charge on any atom is 0.248 e. The third-order valence-electron chi connectivity index (χ3n) is 4.99. The molecule has 1 aliphatic rings. The summed E-state index contributed by atoms with van der Waals surface area (Å²) in [5.41, 5.74) is 0.950. The van der Waals surface area contributed by atoms with Crippen molar-refractivity contribution in [3.63, 3.8) is 0 Å². The normalized spacial score (nSPS) is 14.1. The maximum absolute atomic E-state index is 12.6. The Balaban J connectivity index is 1.54. The molecule has 10 heteroatoms. The van der Waals surface area contributed by atoms with Crippen molar-refractivity contribution < 1.29 is 22.7 Å². The Morgan fingerprint density at radius 3 is 2.59 bits per heavy atom. The highest BCUT2D eigenvalue weighted by Crippen LogP contribution is 2.35. The van der Waals surface area contributed by atoms with E-state index in [0.29, 0.717) is 36.1 Å². The number of carbonyl (C=O) groups is 1. The molecule has 0 aliphatic carbocycles. The fraction of sp³-hybridized carbons (Fsp3) is 0.364. The Hall–Kier alpha value is -2.30. The molecule has 1 aromatic heterocycles. The fourth-order valence-corrected chi connectivity index (χ4v) is 6.19. The zero-order valence-electron chi connectivity index (χ0n) is 17.7. The second-order valence-electron chi connectivity index (χ2n) is 7.23. The Morgan fingerprint density at radius 1 is 1.16 bits per heavy atom. The molecule has 4 rings (SSSR count). The van der Waals surface area contributed by atoms with Crippen LogP contribution in [0.15, 0.2) is 52.4 Å². The number of aromatic nitrogens is 1. The molecule has 0 spiro atoms. The number of carbonyl (C=O) groups excluding carboxylic acids is 1. The van der Waals surface area contributed by atoms with Gasteiger partial charge in [-0.05, 0) is 24.8 Å². The van der Waals surface area contributed by atoms with Gasteiger partial charge < -0.3 is 14.0 Å². The lowest BCUT2D eigenvalue weighted by Crippen LogP contribution is -2.19. The summed E-state index contributed by atoms with van der Waals surface area (Å²) in [6.07, 6.45) is 2.33. The number of fused-ring (bicyclic) bond motifs is 2. The molecule has 1 amide bonds. The number of ether oxygens (including phenoxy) is 2. The van der Waals surface area contributed by atoms with Crippen LogP contribution in [0.5, 0.6) is 11.5 Å². The molecule has 170 valence electrons. The van der Waals surface area contributed by atoms with Crippen LogP contribution >= 0.6 is 23.1 Å². The molecule has 0 N–H and O–H groups in total. The van der Waals surface area contributed by atoms with Gasteiger partial charge in [0.25, 0.3) is 0 Å². The molecule has 0 atom stereocenters. The molecule has 0 bridgehead atoms. The quantitative estimate of drug-likeness (QED) is 0.478. The molecule has 2 heterocycles. The number of sulfone groups is 1. The van der Waals surface area contributed by atoms with E-state index in [0.717, 1.165) is 16.0 Å². The highest BCUT2D eigenvalue weighted by atomic mass is 32.2. The lowest BCUT2D eigenvalue weighted by molar-refractivity contribution is -0.118. The van der Waals surface area contributed by atoms with Gasteiger partial charge in [0.1, 0.15) is 13.2 Å². The lowest BCUT2D eigenvalue weighted by atomic mass is 10.2. The van der Waals surface area contributed by atoms with Crippen LogP contribution in [0.25, 0.3) is 10.2 Å². The summed E-state index contributed by atoms with van der Waals surface area (Å²) in [4.78, 5) is 17.8. The van der Waals surface area contributed by atoms with Gasteiger partial charge in [0, 0.05) is 30.9 Å². The standard InChI is InChI=1S/C22H24N2O5S3/c1-30-12-9-24-17-14-18-19(29-11-10-28-18)15-20(17)31-22(24)23-21(25)8-5-13-32(26,27)16-6-3-2-4-7-16/h2-4,6-7,14-15H,5,8-13H2,1H3. The third-order valence-corrected chi connectivity index (χ3v) is 8.44. The van der Waals surface area contributed by atoms with E-state index >= 15 is 0 Å². The molecule has 0 fully saturated rings. The van der Waals surface area contributed by atoms with Crippen molar-refractivity contribution in [2.45, 2.75) is 24.3 Å². The Kier molecular flexibility index (Phi) is 7.22. The SMILES string of the molecule is CSCCn1c(=NC(=O)CCCS(=O)(=O)c2ccccc2)sc2cc3c(cc21)OCCO3. The first-order valence-corrected chi connectivity index (χ1v) is 14.1. The van der Waals surface area contributed by atoms with Crippen LogP contribution in [0.2, 0.25) is 0 Å². The number of thiazole rings is 1. The highest BCUT2D eigenvalue weighted by molar-refractivity contribution is 7.98. The predicted molar refractivity (Wildman–Crippen MR) is 127 cm³/mol. The van der Waals surface area contributed by atoms with Gasteiger partial charge >= 0.3 is 0 Å². The van der Waals surface area contributed by atoms with Crippen molar-refractivity contribution in [1.29, 1.82) is 0 Å². The van der Waals surface area contributed by atoms with Crippen molar-refractivity contribution in [1.82, 2.24) is 4.57 Å². The van der Waals surface area contributed by atoms with Gasteiger partial charge in [0.05, 0.1) is 20.9 Å². The lowest BCUT2D eigenvalue weighted by Gasteiger charge is -2.18. The zero-order valence-corrected chi connectivity index (χ0v) is 20.1. The topological polar surface area (TPSA) is 87.0 Å². The van der Waals surface area contributed by atoms with Crippen LogP contribution in [0.4, 0.5) is 0 Å². The average Bonchev–Trinajstić information content (AvgIpc) is 3.12. The minimum Gasteiger partial charge on any atom is -0.486 e. The number of aryl methyl sites for hydroxylation is 1. The van der Waals surface area contributed by atoms with Gasteiger partial charge in [0.15, 0.2) is 26.1 Å². The number of rotatable bonds is 8. The van der Waals surface area contributed by atoms with E-state index in [9.17, 15) is 13.2 Å². The van der Waals surface area contributed by atoms with E-state index in [4.69, 9.17) is 9.47 Å². The van der Waals surface area contributed by atoms with Gasteiger partial charge in [0.2, 0.25) is 5.91 Å². The van der Waals surface area contributed by atoms with Crippen LogP contribution in [0, 0.1) is 0 Å². The molecule has 3 aromatic rings. The van der Waals surface area contributed by atoms with Crippen LogP contribution < -0.4 is 14.3 Å². The summed E-state index contributed by atoms with van der Waals surface area (Å²) in [6, 6.07) is 12.2. The van der Waals surface area contributed by atoms with E-state index in [1.165, 1.54) is 11.3 Å². The summed E-state index contributed by atoms with van der Waals surface area (Å²) >= 11 is 3.14. The second kappa shape index (κ2) is 10.1. The Bertz CT molecular complexity index is 1280. The molecule has 0 unspecified atom stereocenters. The van der Waals surface area contributed by atoms with Gasteiger partial charge in [-0.25, -0.2) is 8.42 Å². The van der Waals surface area contributed by atoms with Crippen molar-refractivity contribution in [3.05, 3.63) is 47.3 Å². The zero-order chi connectivity index (χ0) is 22.6. The molecule has 32 heavy (non-hydrogen) atoms. The van der Waals surface area contributed by atoms with Gasteiger partial charge in [-0.15, -0.1) is 0 Å². The van der Waals surface area contributed by atoms with Gasteiger partial charge in [-0.1, -0.05) is 29.5 Å². The van der Waals surface area contributed by atoms with E-state index < -0.39 is 9.84 Å². The van der Waals surface area contributed by atoms with Crippen molar-refractivity contribution in [2.24, 2.45) is 4.99 Å². The second-order valence-corrected chi connectivity index (χ2v) is 11.3. The van der Waals surface area contributed by atoms with E-state index in [1.54, 1.807) is 42.1 Å². The molecule has 1 aliphatic heterocycles.